The van der Waals surface area contributed by atoms with Crippen LogP contribution in [0.3, 0.4) is 0 Å². The van der Waals surface area contributed by atoms with Gasteiger partial charge in [-0.1, -0.05) is 23.7 Å². The fraction of sp³-hybridized carbons (Fsp3) is 0.200. The molecule has 3 aromatic rings. The molecule has 0 aliphatic carbocycles. The Kier molecular flexibility index (Phi) is 7.20. The summed E-state index contributed by atoms with van der Waals surface area (Å²) in [5.41, 5.74) is 0.313. The monoisotopic (exact) mass is 552 g/mol. The summed E-state index contributed by atoms with van der Waals surface area (Å²) in [5.74, 6) is -1.22. The molecule has 0 saturated carbocycles. The summed E-state index contributed by atoms with van der Waals surface area (Å²) in [4.78, 5) is 24.1. The van der Waals surface area contributed by atoms with Crippen molar-refractivity contribution >= 4 is 44.9 Å². The molecule has 0 saturated heterocycles. The van der Waals surface area contributed by atoms with Crippen LogP contribution in [0.2, 0.25) is 5.02 Å². The van der Waals surface area contributed by atoms with E-state index in [0.29, 0.717) is 24.5 Å². The minimum atomic E-state index is -4.70. The van der Waals surface area contributed by atoms with E-state index in [9.17, 15) is 31.2 Å². The molecule has 1 aliphatic rings. The maximum atomic E-state index is 13.4. The predicted molar refractivity (Wildman–Crippen MR) is 131 cm³/mol. The third-order valence-electron chi connectivity index (χ3n) is 5.81. The first-order chi connectivity index (χ1) is 17.4. The molecule has 0 fully saturated rings. The van der Waals surface area contributed by atoms with Crippen molar-refractivity contribution in [2.45, 2.75) is 23.9 Å². The SMILES string of the molecule is COC(=O)c1ccc(NC(=O)c2ccc3c(c2)N(S(=O)(=O)c2cccc(C(F)(F)F)c2)CCC3)cc1Cl. The molecule has 12 heteroatoms. The zero-order valence-corrected chi connectivity index (χ0v) is 20.9. The van der Waals surface area contributed by atoms with E-state index in [4.69, 9.17) is 11.6 Å². The zero-order chi connectivity index (χ0) is 27.0. The van der Waals surface area contributed by atoms with Crippen LogP contribution in [0.4, 0.5) is 24.5 Å². The number of hydrogen-bond donors (Lipinski definition) is 1. The lowest BCUT2D eigenvalue weighted by atomic mass is 10.0. The number of methoxy groups -OCH3 is 1. The predicted octanol–water partition coefficient (Wildman–Crippen LogP) is 5.54. The molecule has 1 amide bonds. The average molecular weight is 553 g/mol. The normalized spacial score (nSPS) is 13.6. The van der Waals surface area contributed by atoms with Crippen molar-refractivity contribution in [3.05, 3.63) is 87.9 Å². The van der Waals surface area contributed by atoms with E-state index < -0.39 is 38.5 Å². The number of esters is 1. The third-order valence-corrected chi connectivity index (χ3v) is 7.93. The van der Waals surface area contributed by atoms with Gasteiger partial charge in [-0.25, -0.2) is 13.2 Å². The molecule has 7 nitrogen and oxygen atoms in total. The molecule has 37 heavy (non-hydrogen) atoms. The molecule has 1 heterocycles. The van der Waals surface area contributed by atoms with Gasteiger partial charge >= 0.3 is 12.1 Å². The number of nitrogens with one attached hydrogen (secondary N) is 1. The van der Waals surface area contributed by atoms with Gasteiger partial charge in [0.15, 0.2) is 0 Å². The summed E-state index contributed by atoms with van der Waals surface area (Å²) in [5, 5.41) is 2.69. The van der Waals surface area contributed by atoms with Crippen LogP contribution in [0.25, 0.3) is 0 Å². The highest BCUT2D eigenvalue weighted by molar-refractivity contribution is 7.92. The van der Waals surface area contributed by atoms with E-state index in [1.54, 1.807) is 6.07 Å². The smallest absolute Gasteiger partial charge is 0.416 e. The number of rotatable bonds is 5. The second-order valence-electron chi connectivity index (χ2n) is 8.19. The van der Waals surface area contributed by atoms with E-state index in [1.807, 2.05) is 0 Å². The lowest BCUT2D eigenvalue weighted by Crippen LogP contribution is -2.36. The van der Waals surface area contributed by atoms with Gasteiger partial charge in [-0.05, 0) is 66.9 Å². The largest absolute Gasteiger partial charge is 0.465 e. The quantitative estimate of drug-likeness (QED) is 0.420. The molecular formula is C25H20ClF3N2O5S. The molecule has 1 N–H and O–H groups in total. The topological polar surface area (TPSA) is 92.8 Å². The third kappa shape index (κ3) is 5.42. The van der Waals surface area contributed by atoms with Crippen LogP contribution >= 0.6 is 11.6 Å². The first kappa shape index (κ1) is 26.5. The standard InChI is InChI=1S/C25H20ClF3N2O5S/c1-36-24(33)20-10-9-18(14-21(20)26)30-23(32)16-8-7-15-4-3-11-31(22(15)12-16)37(34,35)19-6-2-5-17(13-19)25(27,28)29/h2,5-10,12-14H,3-4,11H2,1H3,(H,30,32). The molecule has 0 unspecified atom stereocenters. The van der Waals surface area contributed by atoms with Crippen molar-refractivity contribution in [2.75, 3.05) is 23.3 Å². The Bertz CT molecular complexity index is 1490. The second kappa shape index (κ2) is 10.1. The van der Waals surface area contributed by atoms with Crippen molar-refractivity contribution in [3.63, 3.8) is 0 Å². The maximum Gasteiger partial charge on any atom is 0.416 e. The van der Waals surface area contributed by atoms with Crippen LogP contribution in [0, 0.1) is 0 Å². The highest BCUT2D eigenvalue weighted by Gasteiger charge is 2.34. The van der Waals surface area contributed by atoms with E-state index in [-0.39, 0.29) is 34.1 Å². The van der Waals surface area contributed by atoms with E-state index in [0.717, 1.165) is 22.5 Å². The molecule has 0 atom stereocenters. The van der Waals surface area contributed by atoms with Crippen LogP contribution in [0.1, 0.15) is 38.3 Å². The molecule has 0 radical (unpaired) electrons. The summed E-state index contributed by atoms with van der Waals surface area (Å²) in [6.45, 7) is 0.0429. The summed E-state index contributed by atoms with van der Waals surface area (Å²) in [6, 6.07) is 12.3. The van der Waals surface area contributed by atoms with Gasteiger partial charge in [0.2, 0.25) is 0 Å². The van der Waals surface area contributed by atoms with Crippen LogP contribution in [-0.4, -0.2) is 33.9 Å². The lowest BCUT2D eigenvalue weighted by molar-refractivity contribution is -0.137. The van der Waals surface area contributed by atoms with Crippen LogP contribution in [-0.2, 0) is 27.4 Å². The van der Waals surface area contributed by atoms with Gasteiger partial charge < -0.3 is 10.1 Å². The number of amides is 1. The molecular weight excluding hydrogens is 533 g/mol. The molecule has 194 valence electrons. The highest BCUT2D eigenvalue weighted by Crippen LogP contribution is 2.35. The van der Waals surface area contributed by atoms with Crippen molar-refractivity contribution in [3.8, 4) is 0 Å². The highest BCUT2D eigenvalue weighted by atomic mass is 35.5. The number of halogens is 4. The molecule has 0 bridgehead atoms. The lowest BCUT2D eigenvalue weighted by Gasteiger charge is -2.31. The first-order valence-corrected chi connectivity index (χ1v) is 12.8. The Morgan fingerprint density at radius 1 is 1.05 bits per heavy atom. The summed E-state index contributed by atoms with van der Waals surface area (Å²) >= 11 is 6.10. The zero-order valence-electron chi connectivity index (χ0n) is 19.3. The minimum absolute atomic E-state index is 0.0429. The molecule has 0 spiro atoms. The Hall–Kier alpha value is -3.57. The van der Waals surface area contributed by atoms with Gasteiger partial charge in [-0.3, -0.25) is 9.10 Å². The van der Waals surface area contributed by atoms with Crippen molar-refractivity contribution in [1.82, 2.24) is 0 Å². The molecule has 4 rings (SSSR count). The van der Waals surface area contributed by atoms with Gasteiger partial charge in [-0.2, -0.15) is 13.2 Å². The van der Waals surface area contributed by atoms with Gasteiger partial charge in [-0.15, -0.1) is 0 Å². The summed E-state index contributed by atoms with van der Waals surface area (Å²) in [6.07, 6.45) is -3.70. The number of ether oxygens (including phenoxy) is 1. The number of hydrogen-bond acceptors (Lipinski definition) is 5. The second-order valence-corrected chi connectivity index (χ2v) is 10.5. The minimum Gasteiger partial charge on any atom is -0.465 e. The van der Waals surface area contributed by atoms with Crippen molar-refractivity contribution < 1.29 is 35.9 Å². The maximum absolute atomic E-state index is 13.4. The van der Waals surface area contributed by atoms with Gasteiger partial charge in [0.05, 0.1) is 33.8 Å². The van der Waals surface area contributed by atoms with Gasteiger partial charge in [0.1, 0.15) is 0 Å². The van der Waals surface area contributed by atoms with Gasteiger partial charge in [0.25, 0.3) is 15.9 Å². The number of nitrogens with zero attached hydrogens (tertiary/aromatic N) is 1. The van der Waals surface area contributed by atoms with E-state index >= 15 is 0 Å². The Morgan fingerprint density at radius 3 is 2.49 bits per heavy atom. The fourth-order valence-corrected chi connectivity index (χ4v) is 5.80. The van der Waals surface area contributed by atoms with Gasteiger partial charge in [0, 0.05) is 17.8 Å². The number of aryl methyl sites for hydroxylation is 1. The van der Waals surface area contributed by atoms with E-state index in [2.05, 4.69) is 10.1 Å². The number of anilines is 2. The molecule has 3 aromatic carbocycles. The summed E-state index contributed by atoms with van der Waals surface area (Å²) < 4.78 is 71.9. The van der Waals surface area contributed by atoms with Crippen molar-refractivity contribution in [1.29, 1.82) is 0 Å². The number of carbonyl (C=O) groups excluding carboxylic acids is 2. The van der Waals surface area contributed by atoms with E-state index in [1.165, 1.54) is 37.4 Å². The Balaban J connectivity index is 1.64. The van der Waals surface area contributed by atoms with Crippen molar-refractivity contribution in [2.24, 2.45) is 0 Å². The summed E-state index contributed by atoms with van der Waals surface area (Å²) in [7, 11) is -3.13. The number of sulfonamides is 1. The number of alkyl halides is 3. The van der Waals surface area contributed by atoms with Crippen LogP contribution in [0.15, 0.2) is 65.6 Å². The Morgan fingerprint density at radius 2 is 1.81 bits per heavy atom. The molecule has 0 aromatic heterocycles. The first-order valence-electron chi connectivity index (χ1n) is 10.9. The Labute approximate surface area is 215 Å². The molecule has 1 aliphatic heterocycles. The number of benzene rings is 3. The average Bonchev–Trinajstić information content (AvgIpc) is 2.87. The van der Waals surface area contributed by atoms with Crippen LogP contribution in [0.5, 0.6) is 0 Å². The number of fused-ring (bicyclic) bond motifs is 1. The fourth-order valence-electron chi connectivity index (χ4n) is 3.96. The van der Waals surface area contributed by atoms with Crippen LogP contribution < -0.4 is 9.62 Å². The number of carbonyl (C=O) groups is 2.